The number of ether oxygens (including phenoxy) is 1. The molecule has 0 bridgehead atoms. The van der Waals surface area contributed by atoms with Crippen LogP contribution >= 0.6 is 0 Å². The highest BCUT2D eigenvalue weighted by Gasteiger charge is 2.27. The Morgan fingerprint density at radius 2 is 2.57 bits per heavy atom. The molecule has 78 valence electrons. The molecule has 2 rings (SSSR count). The lowest BCUT2D eigenvalue weighted by molar-refractivity contribution is -0.00711. The zero-order valence-corrected chi connectivity index (χ0v) is 8.52. The lowest BCUT2D eigenvalue weighted by Gasteiger charge is -2.28. The van der Waals surface area contributed by atoms with Gasteiger partial charge in [-0.2, -0.15) is 0 Å². The Morgan fingerprint density at radius 3 is 3.29 bits per heavy atom. The van der Waals surface area contributed by atoms with Crippen LogP contribution in [0.5, 0.6) is 0 Å². The first-order valence-corrected chi connectivity index (χ1v) is 5.21. The zero-order valence-electron chi connectivity index (χ0n) is 8.52. The molecule has 2 heterocycles. The van der Waals surface area contributed by atoms with Crippen LogP contribution in [0.2, 0.25) is 0 Å². The molecule has 1 aromatic heterocycles. The molecule has 0 unspecified atom stereocenters. The Hall–Kier alpha value is -0.870. The third-order valence-corrected chi connectivity index (χ3v) is 2.71. The summed E-state index contributed by atoms with van der Waals surface area (Å²) in [4.78, 5) is 4.32. The normalized spacial score (nSPS) is 27.9. The lowest BCUT2D eigenvalue weighted by atomic mass is 10.0. The number of nitrogens with zero attached hydrogens (tertiary/aromatic N) is 2. The van der Waals surface area contributed by atoms with Gasteiger partial charge in [0.15, 0.2) is 0 Å². The van der Waals surface area contributed by atoms with Crippen LogP contribution in [0.3, 0.4) is 0 Å². The van der Waals surface area contributed by atoms with E-state index >= 15 is 0 Å². The molecule has 2 atom stereocenters. The summed E-state index contributed by atoms with van der Waals surface area (Å²) in [6.45, 7) is 3.82. The maximum Gasteiger partial charge on any atom is 0.139 e. The number of aryl methyl sites for hydroxylation is 1. The number of imidazole rings is 1. The van der Waals surface area contributed by atoms with Crippen molar-refractivity contribution in [2.45, 2.75) is 38.5 Å². The van der Waals surface area contributed by atoms with Gasteiger partial charge in [0.25, 0.3) is 0 Å². The monoisotopic (exact) mass is 195 g/mol. The van der Waals surface area contributed by atoms with Gasteiger partial charge in [-0.15, -0.1) is 0 Å². The van der Waals surface area contributed by atoms with Crippen LogP contribution in [0.25, 0.3) is 0 Å². The SMILES string of the molecule is CCn1ccnc1[C@@H]1OCCC[C@@H]1N. The van der Waals surface area contributed by atoms with Crippen LogP contribution in [0, 0.1) is 0 Å². The molecule has 4 heteroatoms. The van der Waals surface area contributed by atoms with Crippen LogP contribution in [-0.4, -0.2) is 22.2 Å². The molecule has 1 aliphatic heterocycles. The molecule has 0 spiro atoms. The van der Waals surface area contributed by atoms with Gasteiger partial charge in [0.2, 0.25) is 0 Å². The van der Waals surface area contributed by atoms with E-state index in [1.165, 1.54) is 0 Å². The summed E-state index contributed by atoms with van der Waals surface area (Å²) >= 11 is 0. The van der Waals surface area contributed by atoms with E-state index in [4.69, 9.17) is 10.5 Å². The van der Waals surface area contributed by atoms with Gasteiger partial charge in [0.1, 0.15) is 11.9 Å². The number of hydrogen-bond acceptors (Lipinski definition) is 3. The molecular weight excluding hydrogens is 178 g/mol. The minimum Gasteiger partial charge on any atom is -0.369 e. The summed E-state index contributed by atoms with van der Waals surface area (Å²) < 4.78 is 7.76. The largest absolute Gasteiger partial charge is 0.369 e. The van der Waals surface area contributed by atoms with E-state index in [1.807, 2.05) is 12.4 Å². The Labute approximate surface area is 84.1 Å². The maximum atomic E-state index is 6.02. The molecule has 1 saturated heterocycles. The Kier molecular flexibility index (Phi) is 2.84. The van der Waals surface area contributed by atoms with Crippen molar-refractivity contribution >= 4 is 0 Å². The summed E-state index contributed by atoms with van der Waals surface area (Å²) in [5, 5.41) is 0. The molecule has 14 heavy (non-hydrogen) atoms. The lowest BCUT2D eigenvalue weighted by Crippen LogP contribution is -2.36. The van der Waals surface area contributed by atoms with Gasteiger partial charge in [0.05, 0.1) is 0 Å². The first-order valence-electron chi connectivity index (χ1n) is 5.21. The van der Waals surface area contributed by atoms with E-state index in [2.05, 4.69) is 16.5 Å². The van der Waals surface area contributed by atoms with E-state index in [-0.39, 0.29) is 12.1 Å². The van der Waals surface area contributed by atoms with Gasteiger partial charge < -0.3 is 15.0 Å². The molecule has 0 aliphatic carbocycles. The summed E-state index contributed by atoms with van der Waals surface area (Å²) in [6, 6.07) is 0.0939. The van der Waals surface area contributed by atoms with E-state index in [0.717, 1.165) is 31.8 Å². The topological polar surface area (TPSA) is 53.1 Å². The summed E-state index contributed by atoms with van der Waals surface area (Å²) in [7, 11) is 0. The van der Waals surface area contributed by atoms with Crippen LogP contribution in [0.15, 0.2) is 12.4 Å². The van der Waals surface area contributed by atoms with Crippen LogP contribution in [-0.2, 0) is 11.3 Å². The average Bonchev–Trinajstić information content (AvgIpc) is 2.66. The Balaban J connectivity index is 2.20. The summed E-state index contributed by atoms with van der Waals surface area (Å²) in [6.07, 6.45) is 5.86. The fourth-order valence-electron chi connectivity index (χ4n) is 1.92. The fraction of sp³-hybridized carbons (Fsp3) is 0.700. The van der Waals surface area contributed by atoms with Crippen molar-refractivity contribution in [1.82, 2.24) is 9.55 Å². The van der Waals surface area contributed by atoms with E-state index in [1.54, 1.807) is 0 Å². The van der Waals surface area contributed by atoms with Crippen molar-refractivity contribution in [3.05, 3.63) is 18.2 Å². The number of aromatic nitrogens is 2. The molecule has 0 saturated carbocycles. The smallest absolute Gasteiger partial charge is 0.139 e. The predicted octanol–water partition coefficient (Wildman–Crippen LogP) is 1.08. The molecule has 2 N–H and O–H groups in total. The van der Waals surface area contributed by atoms with Gasteiger partial charge in [-0.1, -0.05) is 0 Å². The van der Waals surface area contributed by atoms with E-state index in [9.17, 15) is 0 Å². The second kappa shape index (κ2) is 4.11. The molecule has 0 radical (unpaired) electrons. The molecule has 0 aromatic carbocycles. The van der Waals surface area contributed by atoms with Gasteiger partial charge in [0, 0.05) is 31.6 Å². The first-order chi connectivity index (χ1) is 6.83. The van der Waals surface area contributed by atoms with Crippen molar-refractivity contribution in [1.29, 1.82) is 0 Å². The zero-order chi connectivity index (χ0) is 9.97. The third kappa shape index (κ3) is 1.67. The summed E-state index contributed by atoms with van der Waals surface area (Å²) in [5.41, 5.74) is 6.02. The first kappa shape index (κ1) is 9.68. The number of hydrogen-bond donors (Lipinski definition) is 1. The minimum absolute atomic E-state index is 0.0151. The molecule has 1 aromatic rings. The molecule has 0 amide bonds. The van der Waals surface area contributed by atoms with Gasteiger partial charge in [-0.05, 0) is 19.8 Å². The molecular formula is C10H17N3O. The highest BCUT2D eigenvalue weighted by atomic mass is 16.5. The van der Waals surface area contributed by atoms with Crippen LogP contribution in [0.4, 0.5) is 0 Å². The Morgan fingerprint density at radius 1 is 1.71 bits per heavy atom. The highest BCUT2D eigenvalue weighted by molar-refractivity contribution is 5.01. The predicted molar refractivity (Wildman–Crippen MR) is 53.8 cm³/mol. The Bertz CT molecular complexity index is 297. The van der Waals surface area contributed by atoms with Gasteiger partial charge in [-0.25, -0.2) is 4.98 Å². The van der Waals surface area contributed by atoms with Crippen molar-refractivity contribution in [3.8, 4) is 0 Å². The fourth-order valence-corrected chi connectivity index (χ4v) is 1.92. The van der Waals surface area contributed by atoms with E-state index in [0.29, 0.717) is 0 Å². The highest BCUT2D eigenvalue weighted by Crippen LogP contribution is 2.25. The van der Waals surface area contributed by atoms with Crippen molar-refractivity contribution in [2.75, 3.05) is 6.61 Å². The third-order valence-electron chi connectivity index (χ3n) is 2.71. The molecule has 4 nitrogen and oxygen atoms in total. The quantitative estimate of drug-likeness (QED) is 0.768. The molecule has 1 fully saturated rings. The van der Waals surface area contributed by atoms with Crippen LogP contribution < -0.4 is 5.73 Å². The second-order valence-corrected chi connectivity index (χ2v) is 3.67. The van der Waals surface area contributed by atoms with Crippen molar-refractivity contribution < 1.29 is 4.74 Å². The average molecular weight is 195 g/mol. The van der Waals surface area contributed by atoms with Crippen molar-refractivity contribution in [2.24, 2.45) is 5.73 Å². The second-order valence-electron chi connectivity index (χ2n) is 3.67. The number of rotatable bonds is 2. The van der Waals surface area contributed by atoms with Crippen molar-refractivity contribution in [3.63, 3.8) is 0 Å². The number of nitrogens with two attached hydrogens (primary N) is 1. The van der Waals surface area contributed by atoms with Gasteiger partial charge in [-0.3, -0.25) is 0 Å². The summed E-state index contributed by atoms with van der Waals surface area (Å²) in [5.74, 6) is 0.972. The standard InChI is InChI=1S/C10H17N3O/c1-2-13-6-5-12-10(13)9-8(11)4-3-7-14-9/h5-6,8-9H,2-4,7,11H2,1H3/t8-,9+/m0/s1. The molecule has 1 aliphatic rings. The maximum absolute atomic E-state index is 6.02. The van der Waals surface area contributed by atoms with E-state index < -0.39 is 0 Å². The van der Waals surface area contributed by atoms with Crippen LogP contribution in [0.1, 0.15) is 31.7 Å². The minimum atomic E-state index is -0.0151. The van der Waals surface area contributed by atoms with Gasteiger partial charge >= 0.3 is 0 Å².